The van der Waals surface area contributed by atoms with Crippen molar-refractivity contribution in [3.05, 3.63) is 29.8 Å². The maximum absolute atomic E-state index is 12.7. The Morgan fingerprint density at radius 3 is 2.78 bits per heavy atom. The van der Waals surface area contributed by atoms with Crippen LogP contribution in [0, 0.1) is 5.92 Å². The quantitative estimate of drug-likeness (QED) is 0.480. The zero-order valence-corrected chi connectivity index (χ0v) is 13.4. The molecule has 23 heavy (non-hydrogen) atoms. The second-order valence-electron chi connectivity index (χ2n) is 6.09. The molecule has 0 N–H and O–H groups in total. The van der Waals surface area contributed by atoms with Gasteiger partial charge in [0.1, 0.15) is 11.7 Å². The van der Waals surface area contributed by atoms with E-state index in [1.807, 2.05) is 31.2 Å². The molecule has 1 amide bonds. The Morgan fingerprint density at radius 2 is 2.09 bits per heavy atom. The van der Waals surface area contributed by atoms with Crippen LogP contribution in [0.3, 0.4) is 0 Å². The fourth-order valence-corrected chi connectivity index (χ4v) is 3.42. The zero-order chi connectivity index (χ0) is 16.8. The first kappa shape index (κ1) is 15.5. The van der Waals surface area contributed by atoms with Crippen LogP contribution < -0.4 is 4.74 Å². The van der Waals surface area contributed by atoms with E-state index in [2.05, 4.69) is 0 Å². The lowest BCUT2D eigenvalue weighted by Crippen LogP contribution is -2.62. The third-order valence-electron chi connectivity index (χ3n) is 4.71. The summed E-state index contributed by atoms with van der Waals surface area (Å²) in [6.07, 6.45) is 0.460. The number of esters is 1. The molecule has 0 spiro atoms. The number of benzene rings is 1. The highest BCUT2D eigenvalue weighted by molar-refractivity contribution is 6.38. The van der Waals surface area contributed by atoms with E-state index in [-0.39, 0.29) is 12.5 Å². The minimum atomic E-state index is -1.06. The average molecular weight is 317 g/mol. The van der Waals surface area contributed by atoms with Gasteiger partial charge in [0.15, 0.2) is 5.72 Å². The minimum Gasteiger partial charge on any atom is -0.468 e. The molecule has 3 rings (SSSR count). The van der Waals surface area contributed by atoms with Crippen molar-refractivity contribution in [2.75, 3.05) is 13.7 Å². The van der Waals surface area contributed by atoms with Gasteiger partial charge in [-0.3, -0.25) is 9.59 Å². The lowest BCUT2D eigenvalue weighted by molar-refractivity contribution is -0.175. The van der Waals surface area contributed by atoms with E-state index in [4.69, 9.17) is 9.47 Å². The molecule has 0 saturated carbocycles. The number of hydrogen-bond donors (Lipinski definition) is 0. The lowest BCUT2D eigenvalue weighted by Gasteiger charge is -2.51. The predicted octanol–water partition coefficient (Wildman–Crippen LogP) is 1.49. The summed E-state index contributed by atoms with van der Waals surface area (Å²) in [7, 11) is 1.60. The van der Waals surface area contributed by atoms with Gasteiger partial charge in [-0.25, -0.2) is 4.79 Å². The van der Waals surface area contributed by atoms with Crippen LogP contribution in [0.5, 0.6) is 5.75 Å². The topological polar surface area (TPSA) is 72.9 Å². The molecule has 1 saturated heterocycles. The van der Waals surface area contributed by atoms with Gasteiger partial charge in [0.2, 0.25) is 5.91 Å². The van der Waals surface area contributed by atoms with Crippen molar-refractivity contribution in [1.29, 1.82) is 0 Å². The van der Waals surface area contributed by atoms with Crippen LogP contribution in [0.15, 0.2) is 24.3 Å². The molecular formula is C17H19NO5. The van der Waals surface area contributed by atoms with E-state index < -0.39 is 29.3 Å². The molecule has 0 radical (unpaired) electrons. The molecule has 6 nitrogen and oxygen atoms in total. The van der Waals surface area contributed by atoms with Crippen molar-refractivity contribution in [1.82, 2.24) is 4.90 Å². The fourth-order valence-electron chi connectivity index (χ4n) is 3.42. The van der Waals surface area contributed by atoms with Crippen LogP contribution in [0.4, 0.5) is 0 Å². The maximum atomic E-state index is 12.7. The summed E-state index contributed by atoms with van der Waals surface area (Å²) >= 11 is 0. The van der Waals surface area contributed by atoms with Crippen molar-refractivity contribution in [2.45, 2.75) is 31.9 Å². The number of ether oxygens (including phenoxy) is 2. The molecule has 2 aliphatic heterocycles. The first-order valence-electron chi connectivity index (χ1n) is 7.65. The number of piperidine rings is 1. The molecule has 6 heteroatoms. The highest BCUT2D eigenvalue weighted by Gasteiger charge is 2.55. The molecule has 2 bridgehead atoms. The third-order valence-corrected chi connectivity index (χ3v) is 4.71. The highest BCUT2D eigenvalue weighted by atomic mass is 16.5. The smallest absolute Gasteiger partial charge is 0.375 e. The van der Waals surface area contributed by atoms with Crippen molar-refractivity contribution in [2.24, 2.45) is 5.92 Å². The summed E-state index contributed by atoms with van der Waals surface area (Å²) in [6.45, 7) is 3.54. The normalized spacial score (nSPS) is 28.7. The van der Waals surface area contributed by atoms with Crippen LogP contribution in [-0.2, 0) is 19.1 Å². The van der Waals surface area contributed by atoms with Crippen molar-refractivity contribution < 1.29 is 23.9 Å². The molecule has 1 aromatic rings. The Hall–Kier alpha value is -2.37. The lowest BCUT2D eigenvalue weighted by atomic mass is 9.72. The van der Waals surface area contributed by atoms with Gasteiger partial charge < -0.3 is 14.4 Å². The number of likely N-dealkylation sites (tertiary alicyclic amines) is 1. The number of para-hydroxylation sites is 1. The van der Waals surface area contributed by atoms with Crippen molar-refractivity contribution in [3.8, 4) is 5.75 Å². The van der Waals surface area contributed by atoms with Gasteiger partial charge in [-0.15, -0.1) is 0 Å². The maximum Gasteiger partial charge on any atom is 0.375 e. The number of carbonyl (C=O) groups excluding carboxylic acids is 3. The molecule has 0 aliphatic carbocycles. The predicted molar refractivity (Wildman–Crippen MR) is 80.7 cm³/mol. The standard InChI is InChI=1S/C17H19NO5/c1-4-22-16(21)14(19)13-11-9-17(2,18(3)15(13)20)23-12-8-6-5-7-10(11)12/h5-8,11,13H,4,9H2,1-3H3/t11-,13+,17+/m1/s1. The number of carbonyl (C=O) groups is 3. The molecular weight excluding hydrogens is 298 g/mol. The fraction of sp³-hybridized carbons (Fsp3) is 0.471. The van der Waals surface area contributed by atoms with E-state index in [1.165, 1.54) is 4.90 Å². The van der Waals surface area contributed by atoms with Gasteiger partial charge >= 0.3 is 5.97 Å². The summed E-state index contributed by atoms with van der Waals surface area (Å²) < 4.78 is 10.8. The minimum absolute atomic E-state index is 0.101. The molecule has 0 aromatic heterocycles. The number of Topliss-reactive ketones (excluding diaryl/α,β-unsaturated/α-hetero) is 1. The third kappa shape index (κ3) is 2.29. The number of ketones is 1. The Labute approximate surface area is 134 Å². The SMILES string of the molecule is CCOC(=O)C(=O)[C@H]1C(=O)N(C)[C@]2(C)C[C@@H]1c1ccccc1O2. The van der Waals surface area contributed by atoms with Gasteiger partial charge in [0, 0.05) is 19.4 Å². The number of amides is 1. The summed E-state index contributed by atoms with van der Waals surface area (Å²) in [4.78, 5) is 38.5. The molecule has 122 valence electrons. The van der Waals surface area contributed by atoms with Crippen molar-refractivity contribution in [3.63, 3.8) is 0 Å². The van der Waals surface area contributed by atoms with E-state index in [1.54, 1.807) is 14.0 Å². The summed E-state index contributed by atoms with van der Waals surface area (Å²) in [6, 6.07) is 7.33. The van der Waals surface area contributed by atoms with Crippen LogP contribution in [-0.4, -0.2) is 41.9 Å². The Bertz CT molecular complexity index is 685. The zero-order valence-electron chi connectivity index (χ0n) is 13.4. The van der Waals surface area contributed by atoms with Crippen LogP contribution in [0.1, 0.15) is 31.7 Å². The second kappa shape index (κ2) is 5.37. The summed E-state index contributed by atoms with van der Waals surface area (Å²) in [5.41, 5.74) is -0.0317. The van der Waals surface area contributed by atoms with Crippen LogP contribution in [0.25, 0.3) is 0 Å². The summed E-state index contributed by atoms with van der Waals surface area (Å²) in [5.74, 6) is -2.94. The number of nitrogens with zero attached hydrogens (tertiary/aromatic N) is 1. The second-order valence-corrected chi connectivity index (χ2v) is 6.09. The largest absolute Gasteiger partial charge is 0.468 e. The average Bonchev–Trinajstić information content (AvgIpc) is 2.53. The number of hydrogen-bond acceptors (Lipinski definition) is 5. The number of rotatable bonds is 3. The van der Waals surface area contributed by atoms with E-state index >= 15 is 0 Å². The Kier molecular flexibility index (Phi) is 3.62. The van der Waals surface area contributed by atoms with Gasteiger partial charge in [0.05, 0.1) is 6.61 Å². The van der Waals surface area contributed by atoms with Gasteiger partial charge in [-0.05, 0) is 25.5 Å². The first-order chi connectivity index (χ1) is 10.9. The Morgan fingerprint density at radius 1 is 1.39 bits per heavy atom. The molecule has 2 heterocycles. The van der Waals surface area contributed by atoms with Crippen LogP contribution >= 0.6 is 0 Å². The first-order valence-corrected chi connectivity index (χ1v) is 7.65. The van der Waals surface area contributed by atoms with Crippen LogP contribution in [0.2, 0.25) is 0 Å². The monoisotopic (exact) mass is 317 g/mol. The molecule has 1 fully saturated rings. The molecule has 1 aromatic carbocycles. The van der Waals surface area contributed by atoms with E-state index in [0.717, 1.165) is 5.56 Å². The Balaban J connectivity index is 2.06. The summed E-state index contributed by atoms with van der Waals surface area (Å²) in [5, 5.41) is 0. The molecule has 3 atom stereocenters. The highest BCUT2D eigenvalue weighted by Crippen LogP contribution is 2.49. The van der Waals surface area contributed by atoms with Crippen molar-refractivity contribution >= 4 is 17.7 Å². The molecule has 2 aliphatic rings. The van der Waals surface area contributed by atoms with Gasteiger partial charge in [-0.2, -0.15) is 0 Å². The molecule has 0 unspecified atom stereocenters. The van der Waals surface area contributed by atoms with Gasteiger partial charge in [-0.1, -0.05) is 18.2 Å². The van der Waals surface area contributed by atoms with E-state index in [0.29, 0.717) is 12.2 Å². The number of fused-ring (bicyclic) bond motifs is 4. The van der Waals surface area contributed by atoms with Gasteiger partial charge in [0.25, 0.3) is 5.78 Å². The van der Waals surface area contributed by atoms with E-state index in [9.17, 15) is 14.4 Å².